The molecule has 0 unspecified atom stereocenters. The van der Waals surface area contributed by atoms with Gasteiger partial charge < -0.3 is 10.3 Å². The largest absolute Gasteiger partial charge is 0.366 e. The summed E-state index contributed by atoms with van der Waals surface area (Å²) in [4.78, 5) is 15.1. The summed E-state index contributed by atoms with van der Waals surface area (Å²) in [6, 6.07) is 3.42. The highest BCUT2D eigenvalue weighted by Gasteiger charge is 2.10. The lowest BCUT2D eigenvalue weighted by Gasteiger charge is -2.02. The zero-order chi connectivity index (χ0) is 11.5. The first-order valence-corrected chi connectivity index (χ1v) is 4.81. The Morgan fingerprint density at radius 2 is 2.38 bits per heavy atom. The molecule has 16 heavy (non-hydrogen) atoms. The van der Waals surface area contributed by atoms with E-state index in [2.05, 4.69) is 10.1 Å². The Morgan fingerprint density at radius 1 is 1.56 bits per heavy atom. The van der Waals surface area contributed by atoms with Gasteiger partial charge in [0.05, 0.1) is 5.69 Å². The summed E-state index contributed by atoms with van der Waals surface area (Å²) in [5.74, 6) is 0.275. The Kier molecular flexibility index (Phi) is 2.68. The van der Waals surface area contributed by atoms with Crippen molar-refractivity contribution in [3.63, 3.8) is 0 Å². The van der Waals surface area contributed by atoms with E-state index in [1.165, 1.54) is 6.20 Å². The number of aryl methyl sites for hydroxylation is 1. The van der Waals surface area contributed by atoms with Crippen LogP contribution < -0.4 is 5.73 Å². The molecule has 0 saturated heterocycles. The third-order valence-electron chi connectivity index (χ3n) is 2.22. The van der Waals surface area contributed by atoms with E-state index in [9.17, 15) is 4.79 Å². The van der Waals surface area contributed by atoms with Gasteiger partial charge in [-0.2, -0.15) is 0 Å². The zero-order valence-electron chi connectivity index (χ0n) is 8.80. The molecule has 0 atom stereocenters. The quantitative estimate of drug-likeness (QED) is 0.833. The van der Waals surface area contributed by atoms with Gasteiger partial charge in [0.25, 0.3) is 0 Å². The molecule has 0 radical (unpaired) electrons. The second kappa shape index (κ2) is 4.14. The van der Waals surface area contributed by atoms with E-state index in [0.29, 0.717) is 12.0 Å². The van der Waals surface area contributed by atoms with Crippen molar-refractivity contribution >= 4 is 5.91 Å². The maximum atomic E-state index is 11.2. The van der Waals surface area contributed by atoms with Gasteiger partial charge >= 0.3 is 0 Å². The molecule has 2 aromatic heterocycles. The second-order valence-corrected chi connectivity index (χ2v) is 3.50. The maximum Gasteiger partial charge on any atom is 0.249 e. The number of amides is 1. The number of nitrogens with zero attached hydrogens (tertiary/aromatic N) is 2. The third-order valence-corrected chi connectivity index (χ3v) is 2.22. The van der Waals surface area contributed by atoms with Crippen LogP contribution in [0.1, 0.15) is 27.4 Å². The van der Waals surface area contributed by atoms with Gasteiger partial charge in [-0.05, 0) is 18.6 Å². The highest BCUT2D eigenvalue weighted by molar-refractivity contribution is 5.94. The van der Waals surface area contributed by atoms with Crippen LogP contribution in [0.2, 0.25) is 0 Å². The van der Waals surface area contributed by atoms with Crippen LogP contribution in [0.15, 0.2) is 29.0 Å². The Labute approximate surface area is 92.3 Å². The number of hydrogen-bond donors (Lipinski definition) is 1. The summed E-state index contributed by atoms with van der Waals surface area (Å²) < 4.78 is 4.95. The molecule has 0 aromatic carbocycles. The van der Waals surface area contributed by atoms with Gasteiger partial charge in [-0.3, -0.25) is 9.78 Å². The number of aromatic nitrogens is 2. The molecule has 2 heterocycles. The molecule has 0 aliphatic carbocycles. The van der Waals surface area contributed by atoms with Crippen molar-refractivity contribution in [3.8, 4) is 0 Å². The monoisotopic (exact) mass is 217 g/mol. The van der Waals surface area contributed by atoms with Crippen LogP contribution in [0.25, 0.3) is 0 Å². The van der Waals surface area contributed by atoms with E-state index < -0.39 is 5.91 Å². The molecule has 0 spiro atoms. The standard InChI is InChI=1S/C11H11N3O2/c1-7-4-9(14-16-7)5-8-6-13-3-2-10(8)11(12)15/h2-4,6H,5H2,1H3,(H2,12,15). The fourth-order valence-electron chi connectivity index (χ4n) is 1.50. The lowest BCUT2D eigenvalue weighted by Crippen LogP contribution is -2.14. The minimum atomic E-state index is -0.461. The van der Waals surface area contributed by atoms with Crippen molar-refractivity contribution in [1.29, 1.82) is 0 Å². The first kappa shape index (κ1) is 10.4. The van der Waals surface area contributed by atoms with Crippen LogP contribution in [0.4, 0.5) is 0 Å². The number of rotatable bonds is 3. The van der Waals surface area contributed by atoms with E-state index in [1.54, 1.807) is 12.3 Å². The molecule has 1 amide bonds. The number of pyridine rings is 1. The molecule has 0 bridgehead atoms. The van der Waals surface area contributed by atoms with Crippen LogP contribution in [0.3, 0.4) is 0 Å². The molecule has 82 valence electrons. The number of carbonyl (C=O) groups is 1. The molecule has 5 nitrogen and oxygen atoms in total. The molecular formula is C11H11N3O2. The number of carbonyl (C=O) groups excluding carboxylic acids is 1. The van der Waals surface area contributed by atoms with E-state index in [0.717, 1.165) is 17.0 Å². The van der Waals surface area contributed by atoms with Gasteiger partial charge in [0, 0.05) is 30.4 Å². The summed E-state index contributed by atoms with van der Waals surface area (Å²) in [6.07, 6.45) is 3.64. The van der Waals surface area contributed by atoms with Gasteiger partial charge in [0.1, 0.15) is 5.76 Å². The number of primary amides is 1. The second-order valence-electron chi connectivity index (χ2n) is 3.50. The fraction of sp³-hybridized carbons (Fsp3) is 0.182. The molecule has 0 aliphatic heterocycles. The SMILES string of the molecule is Cc1cc(Cc2cnccc2C(N)=O)no1. The summed E-state index contributed by atoms with van der Waals surface area (Å²) in [5.41, 5.74) is 7.24. The van der Waals surface area contributed by atoms with Crippen LogP contribution in [-0.4, -0.2) is 16.0 Å². The maximum absolute atomic E-state index is 11.2. The highest BCUT2D eigenvalue weighted by atomic mass is 16.5. The van der Waals surface area contributed by atoms with Crippen molar-refractivity contribution in [3.05, 3.63) is 47.1 Å². The Morgan fingerprint density at radius 3 is 3.00 bits per heavy atom. The minimum Gasteiger partial charge on any atom is -0.366 e. The molecule has 0 saturated carbocycles. The van der Waals surface area contributed by atoms with Crippen molar-refractivity contribution in [2.45, 2.75) is 13.3 Å². The minimum absolute atomic E-state index is 0.461. The zero-order valence-corrected chi connectivity index (χ0v) is 8.80. The third kappa shape index (κ3) is 2.08. The fourth-order valence-corrected chi connectivity index (χ4v) is 1.50. The highest BCUT2D eigenvalue weighted by Crippen LogP contribution is 2.12. The Balaban J connectivity index is 2.31. The Hall–Kier alpha value is -2.17. The molecular weight excluding hydrogens is 206 g/mol. The summed E-state index contributed by atoms with van der Waals surface area (Å²) in [7, 11) is 0. The van der Waals surface area contributed by atoms with E-state index in [4.69, 9.17) is 10.3 Å². The van der Waals surface area contributed by atoms with Crippen molar-refractivity contribution in [2.24, 2.45) is 5.73 Å². The van der Waals surface area contributed by atoms with E-state index >= 15 is 0 Å². The van der Waals surface area contributed by atoms with Gasteiger partial charge in [-0.15, -0.1) is 0 Å². The topological polar surface area (TPSA) is 82.0 Å². The van der Waals surface area contributed by atoms with Crippen LogP contribution >= 0.6 is 0 Å². The van der Waals surface area contributed by atoms with Crippen LogP contribution in [-0.2, 0) is 6.42 Å². The molecule has 5 heteroatoms. The lowest BCUT2D eigenvalue weighted by atomic mass is 10.1. The van der Waals surface area contributed by atoms with Crippen molar-refractivity contribution in [2.75, 3.05) is 0 Å². The van der Waals surface area contributed by atoms with Gasteiger partial charge in [0.2, 0.25) is 5.91 Å². The smallest absolute Gasteiger partial charge is 0.249 e. The van der Waals surface area contributed by atoms with Crippen molar-refractivity contribution in [1.82, 2.24) is 10.1 Å². The first-order valence-electron chi connectivity index (χ1n) is 4.81. The summed E-state index contributed by atoms with van der Waals surface area (Å²) in [5, 5.41) is 3.86. The van der Waals surface area contributed by atoms with Gasteiger partial charge in [-0.1, -0.05) is 5.16 Å². The van der Waals surface area contributed by atoms with Gasteiger partial charge in [-0.25, -0.2) is 0 Å². The normalized spacial score (nSPS) is 10.3. The molecule has 2 N–H and O–H groups in total. The predicted molar refractivity (Wildman–Crippen MR) is 56.8 cm³/mol. The first-order chi connectivity index (χ1) is 7.66. The summed E-state index contributed by atoms with van der Waals surface area (Å²) in [6.45, 7) is 1.81. The lowest BCUT2D eigenvalue weighted by molar-refractivity contribution is 0.0999. The molecule has 0 fully saturated rings. The van der Waals surface area contributed by atoms with E-state index in [-0.39, 0.29) is 0 Å². The molecule has 0 aliphatic rings. The van der Waals surface area contributed by atoms with Gasteiger partial charge in [0.15, 0.2) is 0 Å². The van der Waals surface area contributed by atoms with E-state index in [1.807, 2.05) is 13.0 Å². The molecule has 2 aromatic rings. The van der Waals surface area contributed by atoms with Crippen molar-refractivity contribution < 1.29 is 9.32 Å². The predicted octanol–water partition coefficient (Wildman–Crippen LogP) is 1.07. The Bertz CT molecular complexity index is 519. The number of hydrogen-bond acceptors (Lipinski definition) is 4. The summed E-state index contributed by atoms with van der Waals surface area (Å²) >= 11 is 0. The molecule has 2 rings (SSSR count). The van der Waals surface area contributed by atoms with Crippen LogP contribution in [0.5, 0.6) is 0 Å². The van der Waals surface area contributed by atoms with Crippen LogP contribution in [0, 0.1) is 6.92 Å². The average Bonchev–Trinajstić information content (AvgIpc) is 2.64. The number of nitrogens with two attached hydrogens (primary N) is 1. The average molecular weight is 217 g/mol.